The van der Waals surface area contributed by atoms with Gasteiger partial charge < -0.3 is 18.9 Å². The van der Waals surface area contributed by atoms with E-state index in [0.717, 1.165) is 42.3 Å². The maximum Gasteiger partial charge on any atom is 0.125 e. The van der Waals surface area contributed by atoms with Gasteiger partial charge in [-0.15, -0.1) is 0 Å². The van der Waals surface area contributed by atoms with E-state index in [0.29, 0.717) is 0 Å². The fourth-order valence-corrected chi connectivity index (χ4v) is 2.59. The Morgan fingerprint density at radius 3 is 1.39 bits per heavy atom. The molecule has 0 fully saturated rings. The van der Waals surface area contributed by atoms with E-state index in [1.807, 2.05) is 24.3 Å². The van der Waals surface area contributed by atoms with Crippen LogP contribution in [-0.4, -0.2) is 28.4 Å². The molecule has 0 heterocycles. The van der Waals surface area contributed by atoms with Gasteiger partial charge in [0.15, 0.2) is 0 Å². The normalized spacial score (nSPS) is 10.3. The Morgan fingerprint density at radius 1 is 0.609 bits per heavy atom. The topological polar surface area (TPSA) is 36.9 Å². The molecule has 0 atom stereocenters. The van der Waals surface area contributed by atoms with E-state index in [1.165, 1.54) is 11.1 Å². The van der Waals surface area contributed by atoms with E-state index in [-0.39, 0.29) is 0 Å². The molecule has 4 heteroatoms. The lowest BCUT2D eigenvalue weighted by atomic mass is 10.0. The SMILES string of the molecule is COc1ccc(CCCc2ccc(OC)cc2OC)c(OC)c1. The average Bonchev–Trinajstić information content (AvgIpc) is 2.61. The number of hydrogen-bond donors (Lipinski definition) is 0. The van der Waals surface area contributed by atoms with Gasteiger partial charge in [0.05, 0.1) is 28.4 Å². The molecule has 0 amide bonds. The van der Waals surface area contributed by atoms with Crippen molar-refractivity contribution in [1.82, 2.24) is 0 Å². The zero-order valence-electron chi connectivity index (χ0n) is 14.2. The Balaban J connectivity index is 2.02. The van der Waals surface area contributed by atoms with E-state index in [4.69, 9.17) is 18.9 Å². The average molecular weight is 316 g/mol. The molecule has 0 saturated carbocycles. The number of ether oxygens (including phenoxy) is 4. The summed E-state index contributed by atoms with van der Waals surface area (Å²) < 4.78 is 21.3. The van der Waals surface area contributed by atoms with E-state index in [2.05, 4.69) is 12.1 Å². The van der Waals surface area contributed by atoms with Crippen molar-refractivity contribution in [3.8, 4) is 23.0 Å². The summed E-state index contributed by atoms with van der Waals surface area (Å²) >= 11 is 0. The van der Waals surface area contributed by atoms with Gasteiger partial charge in [-0.05, 0) is 42.5 Å². The zero-order valence-corrected chi connectivity index (χ0v) is 14.2. The standard InChI is InChI=1S/C19H24O4/c1-20-16-10-8-14(18(12-16)22-3)6-5-7-15-9-11-17(21-2)13-19(15)23-4/h8-13H,5-7H2,1-4H3. The van der Waals surface area contributed by atoms with Crippen molar-refractivity contribution in [1.29, 1.82) is 0 Å². The molecule has 0 aromatic heterocycles. The Bertz CT molecular complexity index is 582. The van der Waals surface area contributed by atoms with E-state index in [9.17, 15) is 0 Å². The molecule has 4 nitrogen and oxygen atoms in total. The van der Waals surface area contributed by atoms with Crippen LogP contribution in [0.2, 0.25) is 0 Å². The van der Waals surface area contributed by atoms with Crippen LogP contribution in [0, 0.1) is 0 Å². The number of methoxy groups -OCH3 is 4. The third kappa shape index (κ3) is 4.31. The van der Waals surface area contributed by atoms with Crippen molar-refractivity contribution in [2.45, 2.75) is 19.3 Å². The zero-order chi connectivity index (χ0) is 16.7. The predicted molar refractivity (Wildman–Crippen MR) is 91.1 cm³/mol. The summed E-state index contributed by atoms with van der Waals surface area (Å²) in [6.07, 6.45) is 2.87. The number of aryl methyl sites for hydroxylation is 2. The smallest absolute Gasteiger partial charge is 0.125 e. The molecule has 2 rings (SSSR count). The van der Waals surface area contributed by atoms with Gasteiger partial charge in [-0.1, -0.05) is 12.1 Å². The summed E-state index contributed by atoms with van der Waals surface area (Å²) in [5.74, 6) is 3.35. The van der Waals surface area contributed by atoms with E-state index >= 15 is 0 Å². The summed E-state index contributed by atoms with van der Waals surface area (Å²) in [5.41, 5.74) is 2.36. The van der Waals surface area contributed by atoms with Crippen LogP contribution in [0.15, 0.2) is 36.4 Å². The molecule has 0 aliphatic rings. The number of hydrogen-bond acceptors (Lipinski definition) is 4. The molecular weight excluding hydrogens is 292 g/mol. The van der Waals surface area contributed by atoms with Gasteiger partial charge in [0.1, 0.15) is 23.0 Å². The van der Waals surface area contributed by atoms with Crippen LogP contribution in [0.25, 0.3) is 0 Å². The second-order valence-corrected chi connectivity index (χ2v) is 5.21. The van der Waals surface area contributed by atoms with Crippen molar-refractivity contribution >= 4 is 0 Å². The van der Waals surface area contributed by atoms with Crippen LogP contribution in [-0.2, 0) is 12.8 Å². The first-order chi connectivity index (χ1) is 11.2. The minimum absolute atomic E-state index is 0.808. The highest BCUT2D eigenvalue weighted by Crippen LogP contribution is 2.28. The maximum atomic E-state index is 5.44. The van der Waals surface area contributed by atoms with Crippen molar-refractivity contribution in [3.63, 3.8) is 0 Å². The van der Waals surface area contributed by atoms with Crippen molar-refractivity contribution in [2.75, 3.05) is 28.4 Å². The molecule has 2 aromatic rings. The largest absolute Gasteiger partial charge is 0.497 e. The summed E-state index contributed by atoms with van der Waals surface area (Å²) in [5, 5.41) is 0. The first-order valence-corrected chi connectivity index (χ1v) is 7.63. The Morgan fingerprint density at radius 2 is 1.04 bits per heavy atom. The summed E-state index contributed by atoms with van der Waals surface area (Å²) in [6, 6.07) is 11.9. The third-order valence-electron chi connectivity index (χ3n) is 3.88. The van der Waals surface area contributed by atoms with Crippen molar-refractivity contribution in [3.05, 3.63) is 47.5 Å². The van der Waals surface area contributed by atoms with Crippen LogP contribution < -0.4 is 18.9 Å². The molecule has 2 aromatic carbocycles. The second-order valence-electron chi connectivity index (χ2n) is 5.21. The van der Waals surface area contributed by atoms with E-state index < -0.39 is 0 Å². The van der Waals surface area contributed by atoms with Crippen LogP contribution in [0.4, 0.5) is 0 Å². The molecule has 0 unspecified atom stereocenters. The minimum atomic E-state index is 0.808. The fraction of sp³-hybridized carbons (Fsp3) is 0.368. The highest BCUT2D eigenvalue weighted by atomic mass is 16.5. The van der Waals surface area contributed by atoms with Crippen LogP contribution in [0.3, 0.4) is 0 Å². The number of rotatable bonds is 8. The quantitative estimate of drug-likeness (QED) is 0.740. The lowest BCUT2D eigenvalue weighted by Crippen LogP contribution is -1.97. The molecule has 23 heavy (non-hydrogen) atoms. The van der Waals surface area contributed by atoms with Crippen LogP contribution in [0.1, 0.15) is 17.5 Å². The highest BCUT2D eigenvalue weighted by Gasteiger charge is 2.08. The third-order valence-corrected chi connectivity index (χ3v) is 3.88. The number of benzene rings is 2. The fourth-order valence-electron chi connectivity index (χ4n) is 2.59. The van der Waals surface area contributed by atoms with Crippen LogP contribution in [0.5, 0.6) is 23.0 Å². The Hall–Kier alpha value is -2.36. The highest BCUT2D eigenvalue weighted by molar-refractivity contribution is 5.42. The van der Waals surface area contributed by atoms with Gasteiger partial charge >= 0.3 is 0 Å². The van der Waals surface area contributed by atoms with Crippen molar-refractivity contribution in [2.24, 2.45) is 0 Å². The van der Waals surface area contributed by atoms with E-state index in [1.54, 1.807) is 28.4 Å². The lowest BCUT2D eigenvalue weighted by Gasteiger charge is -2.12. The summed E-state index contributed by atoms with van der Waals surface area (Å²) in [4.78, 5) is 0. The van der Waals surface area contributed by atoms with Gasteiger partial charge in [0.25, 0.3) is 0 Å². The first kappa shape index (κ1) is 17.0. The molecule has 0 spiro atoms. The first-order valence-electron chi connectivity index (χ1n) is 7.63. The molecule has 0 radical (unpaired) electrons. The molecule has 0 saturated heterocycles. The van der Waals surface area contributed by atoms with Gasteiger partial charge in [0.2, 0.25) is 0 Å². The van der Waals surface area contributed by atoms with Gasteiger partial charge in [-0.3, -0.25) is 0 Å². The minimum Gasteiger partial charge on any atom is -0.497 e. The summed E-state index contributed by atoms with van der Waals surface area (Å²) in [6.45, 7) is 0. The monoisotopic (exact) mass is 316 g/mol. The Kier molecular flexibility index (Phi) is 6.15. The van der Waals surface area contributed by atoms with Gasteiger partial charge in [-0.25, -0.2) is 0 Å². The molecular formula is C19H24O4. The molecule has 0 N–H and O–H groups in total. The van der Waals surface area contributed by atoms with Crippen molar-refractivity contribution < 1.29 is 18.9 Å². The van der Waals surface area contributed by atoms with Crippen LogP contribution >= 0.6 is 0 Å². The molecule has 124 valence electrons. The lowest BCUT2D eigenvalue weighted by molar-refractivity contribution is 0.389. The summed E-state index contributed by atoms with van der Waals surface area (Å²) in [7, 11) is 6.68. The van der Waals surface area contributed by atoms with Gasteiger partial charge in [-0.2, -0.15) is 0 Å². The van der Waals surface area contributed by atoms with Gasteiger partial charge in [0, 0.05) is 12.1 Å². The molecule has 0 aliphatic heterocycles. The molecule has 0 bridgehead atoms. The second kappa shape index (κ2) is 8.32. The Labute approximate surface area is 137 Å². The predicted octanol–water partition coefficient (Wildman–Crippen LogP) is 3.90. The molecule has 0 aliphatic carbocycles. The maximum absolute atomic E-state index is 5.44.